The Morgan fingerprint density at radius 1 is 1.11 bits per heavy atom. The highest BCUT2D eigenvalue weighted by atomic mass is 35.5. The third-order valence-corrected chi connectivity index (χ3v) is 5.24. The lowest BCUT2D eigenvalue weighted by Gasteiger charge is -2.32. The normalized spacial score (nSPS) is 13.7. The molecule has 3 aromatic heterocycles. The summed E-state index contributed by atoms with van der Waals surface area (Å²) in [5.41, 5.74) is 9.95. The number of benzene rings is 1. The van der Waals surface area contributed by atoms with E-state index >= 15 is 0 Å². The first-order valence-electron chi connectivity index (χ1n) is 9.07. The van der Waals surface area contributed by atoms with E-state index in [2.05, 4.69) is 20.0 Å². The maximum absolute atomic E-state index is 6.52. The quantitative estimate of drug-likeness (QED) is 0.575. The number of hydrogen-bond donors (Lipinski definition) is 1. The summed E-state index contributed by atoms with van der Waals surface area (Å²) in [5.74, 6) is 1.13. The zero-order valence-corrected chi connectivity index (χ0v) is 16.1. The lowest BCUT2D eigenvalue weighted by Crippen LogP contribution is -2.38. The minimum Gasteiger partial charge on any atom is -0.381 e. The van der Waals surface area contributed by atoms with Crippen LogP contribution in [0.5, 0.6) is 0 Å². The van der Waals surface area contributed by atoms with E-state index < -0.39 is 0 Å². The molecule has 1 saturated heterocycles. The van der Waals surface area contributed by atoms with E-state index in [1.54, 1.807) is 10.9 Å². The number of nitrogen functional groups attached to an aromatic ring is 1. The van der Waals surface area contributed by atoms with Crippen LogP contribution < -0.4 is 10.6 Å². The number of anilines is 2. The second kappa shape index (κ2) is 6.45. The third kappa shape index (κ3) is 2.75. The van der Waals surface area contributed by atoms with Crippen molar-refractivity contribution in [2.24, 2.45) is 7.05 Å². The van der Waals surface area contributed by atoms with Crippen molar-refractivity contribution in [3.63, 3.8) is 0 Å². The molecule has 0 amide bonds. The van der Waals surface area contributed by atoms with Gasteiger partial charge >= 0.3 is 0 Å². The molecule has 1 aliphatic rings. The Morgan fingerprint density at radius 3 is 2.68 bits per heavy atom. The van der Waals surface area contributed by atoms with Crippen molar-refractivity contribution in [2.45, 2.75) is 6.42 Å². The standard InChI is InChI=1S/C20H18ClN7/c1-27-9-5-15(26-27)18-17(25-20(19(22)24-18)28-7-3-8-28)13-10-12-4-2-6-23-16(12)14(21)11-13/h2,4-6,9-11H,3,7-8H2,1H3,(H2,22,24). The first-order chi connectivity index (χ1) is 13.6. The fourth-order valence-electron chi connectivity index (χ4n) is 3.41. The Morgan fingerprint density at radius 2 is 1.96 bits per heavy atom. The number of rotatable bonds is 3. The van der Waals surface area contributed by atoms with Crippen molar-refractivity contribution in [1.82, 2.24) is 24.7 Å². The van der Waals surface area contributed by atoms with Crippen LogP contribution in [-0.4, -0.2) is 37.8 Å². The molecule has 5 rings (SSSR count). The Hall–Kier alpha value is -3.19. The van der Waals surface area contributed by atoms with Crippen LogP contribution in [0, 0.1) is 0 Å². The van der Waals surface area contributed by atoms with Gasteiger partial charge in [0.2, 0.25) is 0 Å². The molecule has 0 atom stereocenters. The molecule has 28 heavy (non-hydrogen) atoms. The number of halogens is 1. The Balaban J connectivity index is 1.76. The number of nitrogens with zero attached hydrogens (tertiary/aromatic N) is 6. The molecule has 0 unspecified atom stereocenters. The summed E-state index contributed by atoms with van der Waals surface area (Å²) in [4.78, 5) is 16.1. The topological polar surface area (TPSA) is 85.8 Å². The molecule has 8 heteroatoms. The molecular weight excluding hydrogens is 374 g/mol. The second-order valence-electron chi connectivity index (χ2n) is 6.88. The monoisotopic (exact) mass is 391 g/mol. The van der Waals surface area contributed by atoms with Crippen molar-refractivity contribution in [1.29, 1.82) is 0 Å². The maximum Gasteiger partial charge on any atom is 0.172 e. The van der Waals surface area contributed by atoms with Gasteiger partial charge in [0.05, 0.1) is 10.5 Å². The van der Waals surface area contributed by atoms with Crippen LogP contribution in [0.25, 0.3) is 33.5 Å². The van der Waals surface area contributed by atoms with Gasteiger partial charge in [0.1, 0.15) is 17.1 Å². The van der Waals surface area contributed by atoms with E-state index in [1.807, 2.05) is 43.6 Å². The Labute approximate surface area is 166 Å². The summed E-state index contributed by atoms with van der Waals surface area (Å²) < 4.78 is 1.73. The van der Waals surface area contributed by atoms with E-state index in [4.69, 9.17) is 22.3 Å². The minimum absolute atomic E-state index is 0.414. The molecule has 0 aliphatic carbocycles. The van der Waals surface area contributed by atoms with Crippen LogP contribution in [-0.2, 0) is 7.05 Å². The molecule has 4 aromatic rings. The number of hydrogen-bond acceptors (Lipinski definition) is 6. The molecule has 0 bridgehead atoms. The van der Waals surface area contributed by atoms with Crippen LogP contribution in [0.3, 0.4) is 0 Å². The van der Waals surface area contributed by atoms with Gasteiger partial charge in [0, 0.05) is 43.5 Å². The van der Waals surface area contributed by atoms with Gasteiger partial charge in [-0.15, -0.1) is 0 Å². The third-order valence-electron chi connectivity index (χ3n) is 4.95. The average Bonchev–Trinajstić information content (AvgIpc) is 3.08. The predicted octanol–water partition coefficient (Wildman–Crippen LogP) is 3.54. The summed E-state index contributed by atoms with van der Waals surface area (Å²) in [6.07, 6.45) is 4.74. The minimum atomic E-state index is 0.414. The van der Waals surface area contributed by atoms with Gasteiger partial charge in [-0.1, -0.05) is 17.7 Å². The lowest BCUT2D eigenvalue weighted by atomic mass is 10.0. The van der Waals surface area contributed by atoms with E-state index in [9.17, 15) is 0 Å². The van der Waals surface area contributed by atoms with Crippen molar-refractivity contribution in [2.75, 3.05) is 23.7 Å². The predicted molar refractivity (Wildman–Crippen MR) is 111 cm³/mol. The average molecular weight is 392 g/mol. The van der Waals surface area contributed by atoms with Crippen LogP contribution in [0.1, 0.15) is 6.42 Å². The number of pyridine rings is 1. The molecule has 140 valence electrons. The highest BCUT2D eigenvalue weighted by molar-refractivity contribution is 6.35. The second-order valence-corrected chi connectivity index (χ2v) is 7.29. The first-order valence-corrected chi connectivity index (χ1v) is 9.45. The Kier molecular flexibility index (Phi) is 3.91. The number of fused-ring (bicyclic) bond motifs is 1. The smallest absolute Gasteiger partial charge is 0.172 e. The fourth-order valence-corrected chi connectivity index (χ4v) is 3.68. The molecule has 1 fully saturated rings. The van der Waals surface area contributed by atoms with Gasteiger partial charge < -0.3 is 10.6 Å². The van der Waals surface area contributed by atoms with Gasteiger partial charge in [0.25, 0.3) is 0 Å². The molecule has 1 aromatic carbocycles. The van der Waals surface area contributed by atoms with Gasteiger partial charge in [-0.2, -0.15) is 5.10 Å². The highest BCUT2D eigenvalue weighted by Gasteiger charge is 2.24. The largest absolute Gasteiger partial charge is 0.381 e. The molecule has 0 saturated carbocycles. The summed E-state index contributed by atoms with van der Waals surface area (Å²) in [6.45, 7) is 1.87. The number of aryl methyl sites for hydroxylation is 1. The Bertz CT molecular complexity index is 1200. The summed E-state index contributed by atoms with van der Waals surface area (Å²) >= 11 is 6.52. The summed E-state index contributed by atoms with van der Waals surface area (Å²) in [5, 5.41) is 6.02. The molecule has 1 aliphatic heterocycles. The molecule has 7 nitrogen and oxygen atoms in total. The highest BCUT2D eigenvalue weighted by Crippen LogP contribution is 2.36. The van der Waals surface area contributed by atoms with Crippen LogP contribution in [0.15, 0.2) is 42.7 Å². The summed E-state index contributed by atoms with van der Waals surface area (Å²) in [6, 6.07) is 9.69. The molecular formula is C20H18ClN7. The SMILES string of the molecule is Cn1ccc(-c2nc(N)c(N3CCC3)nc2-c2cc(Cl)c3ncccc3c2)n1. The lowest BCUT2D eigenvalue weighted by molar-refractivity contribution is 0.610. The first kappa shape index (κ1) is 16.9. The molecule has 0 spiro atoms. The van der Waals surface area contributed by atoms with Gasteiger partial charge in [-0.05, 0) is 30.7 Å². The number of aromatic nitrogens is 5. The molecule has 0 radical (unpaired) electrons. The van der Waals surface area contributed by atoms with E-state index in [-0.39, 0.29) is 0 Å². The van der Waals surface area contributed by atoms with Crippen LogP contribution >= 0.6 is 11.6 Å². The van der Waals surface area contributed by atoms with Gasteiger partial charge in [-0.25, -0.2) is 9.97 Å². The van der Waals surface area contributed by atoms with Gasteiger partial charge in [-0.3, -0.25) is 9.67 Å². The van der Waals surface area contributed by atoms with Crippen molar-refractivity contribution < 1.29 is 0 Å². The van der Waals surface area contributed by atoms with Crippen LogP contribution in [0.4, 0.5) is 11.6 Å². The van der Waals surface area contributed by atoms with E-state index in [0.29, 0.717) is 33.7 Å². The van der Waals surface area contributed by atoms with Crippen molar-refractivity contribution in [3.05, 3.63) is 47.7 Å². The van der Waals surface area contributed by atoms with E-state index in [1.165, 1.54) is 0 Å². The zero-order chi connectivity index (χ0) is 19.3. The van der Waals surface area contributed by atoms with Crippen molar-refractivity contribution >= 4 is 34.1 Å². The fraction of sp³-hybridized carbons (Fsp3) is 0.200. The van der Waals surface area contributed by atoms with Crippen LogP contribution in [0.2, 0.25) is 5.02 Å². The van der Waals surface area contributed by atoms with E-state index in [0.717, 1.165) is 36.0 Å². The molecule has 2 N–H and O–H groups in total. The summed E-state index contributed by atoms with van der Waals surface area (Å²) in [7, 11) is 1.87. The van der Waals surface area contributed by atoms with Crippen molar-refractivity contribution in [3.8, 4) is 22.6 Å². The zero-order valence-electron chi connectivity index (χ0n) is 15.3. The van der Waals surface area contributed by atoms with Gasteiger partial charge in [0.15, 0.2) is 11.6 Å². The number of nitrogens with two attached hydrogens (primary N) is 1. The maximum atomic E-state index is 6.52. The molecule has 4 heterocycles.